The van der Waals surface area contributed by atoms with Crippen LogP contribution in [0, 0.1) is 13.8 Å². The second kappa shape index (κ2) is 10.8. The van der Waals surface area contributed by atoms with Gasteiger partial charge in [-0.3, -0.25) is 14.4 Å². The number of amides is 1. The Bertz CT molecular complexity index is 1080. The highest BCUT2D eigenvalue weighted by Gasteiger charge is 2.26. The van der Waals surface area contributed by atoms with E-state index >= 15 is 0 Å². The minimum Gasteiger partial charge on any atom is -0.497 e. The van der Waals surface area contributed by atoms with Crippen LogP contribution in [-0.2, 0) is 18.4 Å². The van der Waals surface area contributed by atoms with Crippen LogP contribution in [0.1, 0.15) is 39.0 Å². The molecule has 0 aliphatic carbocycles. The van der Waals surface area contributed by atoms with Gasteiger partial charge in [0.15, 0.2) is 5.69 Å². The van der Waals surface area contributed by atoms with Gasteiger partial charge in [0.1, 0.15) is 5.75 Å². The molecule has 1 amide bonds. The predicted octanol–water partition coefficient (Wildman–Crippen LogP) is 3.76. The zero-order valence-electron chi connectivity index (χ0n) is 20.5. The molecule has 34 heavy (non-hydrogen) atoms. The normalized spacial score (nSPS) is 15.4. The number of hydrogen-bond donors (Lipinski definition) is 0. The molecular weight excluding hydrogens is 428 g/mol. The number of piperazine rings is 1. The summed E-state index contributed by atoms with van der Waals surface area (Å²) < 4.78 is 13.6. The summed E-state index contributed by atoms with van der Waals surface area (Å²) in [5.74, 6) is 0.825. The molecule has 1 saturated heterocycles. The van der Waals surface area contributed by atoms with Crippen LogP contribution in [0.25, 0.3) is 0 Å². The standard InChI is InChI=1S/C27H34N4O3/c1-20-8-10-22(11-9-20)19-34-26(23-6-5-7-24(17-23)33-4)18-30-12-14-31(15-13-30)27(32)25-16-21(2)29(3)28-25/h5-11,16-17,26H,12-15,18-19H2,1-4H3/t26-/m0/s1. The van der Waals surface area contributed by atoms with Gasteiger partial charge in [0.25, 0.3) is 5.91 Å². The summed E-state index contributed by atoms with van der Waals surface area (Å²) in [4.78, 5) is 17.1. The fourth-order valence-electron chi connectivity index (χ4n) is 4.17. The number of rotatable bonds is 8. The molecule has 0 radical (unpaired) electrons. The van der Waals surface area contributed by atoms with Crippen LogP contribution in [0.3, 0.4) is 0 Å². The molecule has 1 aromatic heterocycles. The molecule has 180 valence electrons. The molecule has 0 N–H and O–H groups in total. The van der Waals surface area contributed by atoms with Crippen LogP contribution >= 0.6 is 0 Å². The molecule has 7 heteroatoms. The number of carbonyl (C=O) groups is 1. The summed E-state index contributed by atoms with van der Waals surface area (Å²) in [5, 5.41) is 4.35. The molecule has 1 aliphatic rings. The number of aromatic nitrogens is 2. The van der Waals surface area contributed by atoms with Gasteiger partial charge in [0.05, 0.1) is 19.8 Å². The van der Waals surface area contributed by atoms with Crippen LogP contribution in [-0.4, -0.2) is 65.3 Å². The van der Waals surface area contributed by atoms with Crippen molar-refractivity contribution in [3.8, 4) is 5.75 Å². The average Bonchev–Trinajstić information content (AvgIpc) is 3.20. The SMILES string of the molecule is COc1cccc([C@H](CN2CCN(C(=O)c3cc(C)n(C)n3)CC2)OCc2ccc(C)cc2)c1. The molecular formula is C27H34N4O3. The molecule has 1 atom stereocenters. The summed E-state index contributed by atoms with van der Waals surface area (Å²) in [5.41, 5.74) is 4.98. The monoisotopic (exact) mass is 462 g/mol. The second-order valence-corrected chi connectivity index (χ2v) is 8.95. The molecule has 1 fully saturated rings. The van der Waals surface area contributed by atoms with Crippen molar-refractivity contribution in [2.45, 2.75) is 26.6 Å². The van der Waals surface area contributed by atoms with Gasteiger partial charge < -0.3 is 14.4 Å². The zero-order chi connectivity index (χ0) is 24.1. The first-order chi connectivity index (χ1) is 16.4. The lowest BCUT2D eigenvalue weighted by Crippen LogP contribution is -2.49. The molecule has 7 nitrogen and oxygen atoms in total. The van der Waals surface area contributed by atoms with Crippen LogP contribution in [0.4, 0.5) is 0 Å². The summed E-state index contributed by atoms with van der Waals surface area (Å²) in [7, 11) is 3.54. The number of ether oxygens (including phenoxy) is 2. The van der Waals surface area contributed by atoms with E-state index in [-0.39, 0.29) is 12.0 Å². The summed E-state index contributed by atoms with van der Waals surface area (Å²) in [6.07, 6.45) is -0.0999. The average molecular weight is 463 g/mol. The quantitative estimate of drug-likeness (QED) is 0.510. The van der Waals surface area contributed by atoms with Gasteiger partial charge in [-0.15, -0.1) is 0 Å². The minimum absolute atomic E-state index is 0.00307. The van der Waals surface area contributed by atoms with Gasteiger partial charge in [0, 0.05) is 45.5 Å². The third-order valence-corrected chi connectivity index (χ3v) is 6.45. The lowest BCUT2D eigenvalue weighted by atomic mass is 10.1. The van der Waals surface area contributed by atoms with Gasteiger partial charge in [-0.2, -0.15) is 5.10 Å². The van der Waals surface area contributed by atoms with Crippen molar-refractivity contribution in [2.24, 2.45) is 7.05 Å². The van der Waals surface area contributed by atoms with Crippen molar-refractivity contribution in [1.82, 2.24) is 19.6 Å². The Hall–Kier alpha value is -3.16. The van der Waals surface area contributed by atoms with Crippen molar-refractivity contribution >= 4 is 5.91 Å². The largest absolute Gasteiger partial charge is 0.497 e. The van der Waals surface area contributed by atoms with E-state index in [0.717, 1.165) is 42.2 Å². The van der Waals surface area contributed by atoms with Crippen molar-refractivity contribution in [3.63, 3.8) is 0 Å². The Morgan fingerprint density at radius 3 is 2.41 bits per heavy atom. The van der Waals surface area contributed by atoms with Gasteiger partial charge in [-0.05, 0) is 43.2 Å². The Kier molecular flexibility index (Phi) is 7.65. The fraction of sp³-hybridized carbons (Fsp3) is 0.407. The van der Waals surface area contributed by atoms with Gasteiger partial charge in [-0.25, -0.2) is 0 Å². The van der Waals surface area contributed by atoms with Crippen molar-refractivity contribution in [1.29, 1.82) is 0 Å². The van der Waals surface area contributed by atoms with Crippen molar-refractivity contribution < 1.29 is 14.3 Å². The maximum absolute atomic E-state index is 12.9. The van der Waals surface area contributed by atoms with E-state index in [0.29, 0.717) is 25.4 Å². The van der Waals surface area contributed by atoms with Crippen molar-refractivity contribution in [2.75, 3.05) is 39.8 Å². The maximum atomic E-state index is 12.9. The number of aryl methyl sites for hydroxylation is 3. The fourth-order valence-corrected chi connectivity index (χ4v) is 4.17. The van der Waals surface area contributed by atoms with Crippen molar-refractivity contribution in [3.05, 3.63) is 82.7 Å². The molecule has 3 aromatic rings. The van der Waals surface area contributed by atoms with E-state index in [4.69, 9.17) is 9.47 Å². The predicted molar refractivity (Wildman–Crippen MR) is 132 cm³/mol. The summed E-state index contributed by atoms with van der Waals surface area (Å²) >= 11 is 0. The Labute approximate surface area is 201 Å². The lowest BCUT2D eigenvalue weighted by molar-refractivity contribution is 0.00326. The third kappa shape index (κ3) is 5.85. The molecule has 2 heterocycles. The third-order valence-electron chi connectivity index (χ3n) is 6.45. The van der Waals surface area contributed by atoms with Gasteiger partial charge in [0.2, 0.25) is 0 Å². The highest BCUT2D eigenvalue weighted by Crippen LogP contribution is 2.25. The molecule has 1 aliphatic heterocycles. The number of benzene rings is 2. The highest BCUT2D eigenvalue weighted by atomic mass is 16.5. The molecule has 0 saturated carbocycles. The van der Waals surface area contributed by atoms with E-state index in [1.54, 1.807) is 11.8 Å². The van der Waals surface area contributed by atoms with E-state index in [1.165, 1.54) is 5.56 Å². The Balaban J connectivity index is 1.40. The van der Waals surface area contributed by atoms with Crippen LogP contribution in [0.2, 0.25) is 0 Å². The van der Waals surface area contributed by atoms with Gasteiger partial charge in [-0.1, -0.05) is 42.0 Å². The van der Waals surface area contributed by atoms with Gasteiger partial charge >= 0.3 is 0 Å². The first-order valence-electron chi connectivity index (χ1n) is 11.8. The molecule has 2 aromatic carbocycles. The van der Waals surface area contributed by atoms with E-state index in [1.807, 2.05) is 43.1 Å². The highest BCUT2D eigenvalue weighted by molar-refractivity contribution is 5.92. The lowest BCUT2D eigenvalue weighted by Gasteiger charge is -2.36. The Morgan fingerprint density at radius 1 is 1.03 bits per heavy atom. The Morgan fingerprint density at radius 2 is 1.76 bits per heavy atom. The maximum Gasteiger partial charge on any atom is 0.274 e. The van der Waals surface area contributed by atoms with Crippen LogP contribution in [0.15, 0.2) is 54.6 Å². The topological polar surface area (TPSA) is 59.8 Å². The number of carbonyl (C=O) groups excluding carboxylic acids is 1. The minimum atomic E-state index is -0.0999. The number of methoxy groups -OCH3 is 1. The van der Waals surface area contributed by atoms with Crippen LogP contribution < -0.4 is 4.74 Å². The first kappa shape index (κ1) is 24.0. The molecule has 4 rings (SSSR count). The van der Waals surface area contributed by atoms with E-state index in [2.05, 4.69) is 47.3 Å². The second-order valence-electron chi connectivity index (χ2n) is 8.95. The molecule has 0 bridgehead atoms. The van der Waals surface area contributed by atoms with E-state index in [9.17, 15) is 4.79 Å². The molecule has 0 unspecified atom stereocenters. The van der Waals surface area contributed by atoms with Crippen LogP contribution in [0.5, 0.6) is 5.75 Å². The summed E-state index contributed by atoms with van der Waals surface area (Å²) in [6, 6.07) is 18.4. The van der Waals surface area contributed by atoms with E-state index < -0.39 is 0 Å². The number of nitrogens with zero attached hydrogens (tertiary/aromatic N) is 4. The first-order valence-corrected chi connectivity index (χ1v) is 11.8. The zero-order valence-corrected chi connectivity index (χ0v) is 20.5. The smallest absolute Gasteiger partial charge is 0.274 e. The summed E-state index contributed by atoms with van der Waals surface area (Å²) in [6.45, 7) is 8.29. The molecule has 0 spiro atoms. The number of hydrogen-bond acceptors (Lipinski definition) is 5.